The lowest BCUT2D eigenvalue weighted by molar-refractivity contribution is -0.134. The van der Waals surface area contributed by atoms with Crippen LogP contribution in [-0.4, -0.2) is 34.8 Å². The summed E-state index contributed by atoms with van der Waals surface area (Å²) in [4.78, 5) is 63.9. The number of ketones is 1. The van der Waals surface area contributed by atoms with Crippen LogP contribution in [0.1, 0.15) is 96.8 Å². The molecular formula is C44H40O10. The molecule has 54 heavy (non-hydrogen) atoms. The third-order valence-corrected chi connectivity index (χ3v) is 8.44. The van der Waals surface area contributed by atoms with Crippen LogP contribution in [0.3, 0.4) is 0 Å². The first-order valence-corrected chi connectivity index (χ1v) is 17.6. The Hall–Kier alpha value is -6.39. The molecule has 1 N–H and O–H groups in total. The highest BCUT2D eigenvalue weighted by atomic mass is 16.5. The van der Waals surface area contributed by atoms with Crippen molar-refractivity contribution >= 4 is 29.7 Å². The minimum absolute atomic E-state index is 0.0414. The second kappa shape index (κ2) is 18.4. The summed E-state index contributed by atoms with van der Waals surface area (Å²) < 4.78 is 22.0. The van der Waals surface area contributed by atoms with E-state index in [1.807, 2.05) is 19.1 Å². The number of rotatable bonds is 15. The van der Waals surface area contributed by atoms with Crippen molar-refractivity contribution in [2.24, 2.45) is 0 Å². The topological polar surface area (TPSA) is 142 Å². The minimum atomic E-state index is -0.741. The number of ether oxygens (including phenoxy) is 4. The van der Waals surface area contributed by atoms with Crippen LogP contribution in [0, 0.1) is 6.92 Å². The van der Waals surface area contributed by atoms with Crippen LogP contribution in [0.4, 0.5) is 0 Å². The van der Waals surface area contributed by atoms with Crippen LogP contribution < -0.4 is 18.9 Å². The normalized spacial score (nSPS) is 10.7. The Labute approximate surface area is 313 Å². The Balaban J connectivity index is 1.17. The molecule has 0 radical (unpaired) electrons. The largest absolute Gasteiger partial charge is 0.426 e. The zero-order valence-electron chi connectivity index (χ0n) is 30.3. The van der Waals surface area contributed by atoms with Crippen LogP contribution in [0.15, 0.2) is 109 Å². The smallest absolute Gasteiger partial charge is 0.343 e. The van der Waals surface area contributed by atoms with E-state index in [1.165, 1.54) is 66.2 Å². The number of aliphatic hydroxyl groups is 1. The van der Waals surface area contributed by atoms with E-state index in [0.29, 0.717) is 12.0 Å². The zero-order valence-corrected chi connectivity index (χ0v) is 30.3. The summed E-state index contributed by atoms with van der Waals surface area (Å²) in [6, 6.07) is 28.9. The van der Waals surface area contributed by atoms with Crippen molar-refractivity contribution in [3.05, 3.63) is 154 Å². The molecule has 5 rings (SSSR count). The number of carbonyl (C=O) groups is 5. The predicted molar refractivity (Wildman–Crippen MR) is 200 cm³/mol. The van der Waals surface area contributed by atoms with E-state index in [-0.39, 0.29) is 63.9 Å². The number of hydrogen-bond acceptors (Lipinski definition) is 10. The van der Waals surface area contributed by atoms with Crippen LogP contribution in [-0.2, 0) is 24.2 Å². The average molecular weight is 729 g/mol. The molecule has 10 nitrogen and oxygen atoms in total. The number of Topliss-reactive ketones (excluding diaryl/α,β-unsaturated/α-hetero) is 1. The van der Waals surface area contributed by atoms with E-state index < -0.39 is 30.5 Å². The van der Waals surface area contributed by atoms with E-state index in [9.17, 15) is 29.1 Å². The van der Waals surface area contributed by atoms with Gasteiger partial charge in [0.05, 0.1) is 28.9 Å². The van der Waals surface area contributed by atoms with Crippen molar-refractivity contribution in [1.82, 2.24) is 0 Å². The lowest BCUT2D eigenvalue weighted by Crippen LogP contribution is -2.13. The van der Waals surface area contributed by atoms with Gasteiger partial charge in [0.15, 0.2) is 5.78 Å². The molecule has 0 bridgehead atoms. The van der Waals surface area contributed by atoms with Gasteiger partial charge in [0, 0.05) is 18.4 Å². The van der Waals surface area contributed by atoms with E-state index in [0.717, 1.165) is 24.0 Å². The molecule has 0 aliphatic carbocycles. The molecule has 0 aliphatic rings. The summed E-state index contributed by atoms with van der Waals surface area (Å²) in [5.41, 5.74) is 4.13. The highest BCUT2D eigenvalue weighted by Crippen LogP contribution is 2.28. The summed E-state index contributed by atoms with van der Waals surface area (Å²) in [6.45, 7) is 5.20. The molecule has 0 spiro atoms. The molecule has 0 heterocycles. The summed E-state index contributed by atoms with van der Waals surface area (Å²) in [7, 11) is 0. The van der Waals surface area contributed by atoms with Gasteiger partial charge >= 0.3 is 23.9 Å². The molecule has 276 valence electrons. The van der Waals surface area contributed by atoms with E-state index >= 15 is 0 Å². The van der Waals surface area contributed by atoms with Gasteiger partial charge in [-0.15, -0.1) is 0 Å². The highest BCUT2D eigenvalue weighted by Gasteiger charge is 2.19. The fourth-order valence-electron chi connectivity index (χ4n) is 5.42. The minimum Gasteiger partial charge on any atom is -0.426 e. The molecule has 0 fully saturated rings. The SMILES string of the molecule is CCCc1ccc(CCC(=O)Oc2ccc(C(=O)Oc3ccc(C(=O)Oc4ccc(OC(=O)c5ccc(C)cc5)c(C(=O)CC)c4)cc3)cc2CO)cc1. The predicted octanol–water partition coefficient (Wildman–Crippen LogP) is 8.23. The van der Waals surface area contributed by atoms with Gasteiger partial charge in [0.25, 0.3) is 0 Å². The molecular weight excluding hydrogens is 688 g/mol. The lowest BCUT2D eigenvalue weighted by Gasteiger charge is -2.12. The molecule has 0 aliphatic heterocycles. The van der Waals surface area contributed by atoms with E-state index in [2.05, 4.69) is 19.1 Å². The van der Waals surface area contributed by atoms with Gasteiger partial charge < -0.3 is 24.1 Å². The van der Waals surface area contributed by atoms with Crippen molar-refractivity contribution < 1.29 is 48.0 Å². The first-order chi connectivity index (χ1) is 26.1. The second-order valence-corrected chi connectivity index (χ2v) is 12.5. The third-order valence-electron chi connectivity index (χ3n) is 8.44. The summed E-state index contributed by atoms with van der Waals surface area (Å²) >= 11 is 0. The first kappa shape index (κ1) is 38.8. The number of aliphatic hydroxyl groups excluding tert-OH is 1. The average Bonchev–Trinajstić information content (AvgIpc) is 3.18. The Morgan fingerprint density at radius 3 is 1.72 bits per heavy atom. The van der Waals surface area contributed by atoms with Gasteiger partial charge in [-0.2, -0.15) is 0 Å². The molecule has 0 atom stereocenters. The van der Waals surface area contributed by atoms with E-state index in [1.54, 1.807) is 31.2 Å². The number of esters is 4. The molecule has 10 heteroatoms. The fourth-order valence-corrected chi connectivity index (χ4v) is 5.42. The maximum atomic E-state index is 13.0. The van der Waals surface area contributed by atoms with Crippen molar-refractivity contribution in [2.45, 2.75) is 59.5 Å². The van der Waals surface area contributed by atoms with Gasteiger partial charge in [-0.25, -0.2) is 14.4 Å². The molecule has 0 saturated heterocycles. The second-order valence-electron chi connectivity index (χ2n) is 12.5. The summed E-state index contributed by atoms with van der Waals surface area (Å²) in [5.74, 6) is -2.51. The Kier molecular flexibility index (Phi) is 13.2. The quantitative estimate of drug-likeness (QED) is 0.0636. The van der Waals surface area contributed by atoms with Crippen molar-refractivity contribution in [3.63, 3.8) is 0 Å². The van der Waals surface area contributed by atoms with Crippen molar-refractivity contribution in [3.8, 4) is 23.0 Å². The van der Waals surface area contributed by atoms with Crippen LogP contribution in [0.5, 0.6) is 23.0 Å². The maximum absolute atomic E-state index is 13.0. The molecule has 5 aromatic rings. The van der Waals surface area contributed by atoms with Gasteiger partial charge in [0.1, 0.15) is 23.0 Å². The molecule has 0 unspecified atom stereocenters. The van der Waals surface area contributed by atoms with Gasteiger partial charge in [-0.1, -0.05) is 62.2 Å². The van der Waals surface area contributed by atoms with Crippen molar-refractivity contribution in [1.29, 1.82) is 0 Å². The molecule has 0 amide bonds. The maximum Gasteiger partial charge on any atom is 0.343 e. The number of benzene rings is 5. The number of carbonyl (C=O) groups excluding carboxylic acids is 5. The van der Waals surface area contributed by atoms with Gasteiger partial charge in [-0.3, -0.25) is 9.59 Å². The van der Waals surface area contributed by atoms with Crippen LogP contribution >= 0.6 is 0 Å². The highest BCUT2D eigenvalue weighted by molar-refractivity contribution is 6.01. The van der Waals surface area contributed by atoms with Gasteiger partial charge in [-0.05, 0) is 104 Å². The first-order valence-electron chi connectivity index (χ1n) is 17.6. The molecule has 0 aromatic heterocycles. The number of aryl methyl sites for hydroxylation is 3. The third kappa shape index (κ3) is 10.4. The van der Waals surface area contributed by atoms with Crippen LogP contribution in [0.2, 0.25) is 0 Å². The Morgan fingerprint density at radius 1 is 0.556 bits per heavy atom. The Bertz CT molecular complexity index is 2130. The van der Waals surface area contributed by atoms with Crippen LogP contribution in [0.25, 0.3) is 0 Å². The summed E-state index contributed by atoms with van der Waals surface area (Å²) in [5, 5.41) is 9.92. The number of hydrogen-bond donors (Lipinski definition) is 1. The zero-order chi connectivity index (χ0) is 38.6. The standard InChI is InChI=1S/C44H40O10/c1-4-6-29-9-11-30(12-10-29)13-24-41(47)53-39-22-18-33(25-34(39)27-45)44(50)51-35-19-16-32(17-20-35)42(48)52-36-21-23-40(37(26-36)38(46)5-2)54-43(49)31-14-7-28(3)8-15-31/h7-12,14-23,25-26,45H,4-6,13,24,27H2,1-3H3. The lowest BCUT2D eigenvalue weighted by atomic mass is 10.0. The molecule has 5 aromatic carbocycles. The summed E-state index contributed by atoms with van der Waals surface area (Å²) in [6.07, 6.45) is 2.83. The van der Waals surface area contributed by atoms with Crippen molar-refractivity contribution in [2.75, 3.05) is 0 Å². The Morgan fingerprint density at radius 2 is 1.09 bits per heavy atom. The van der Waals surface area contributed by atoms with Gasteiger partial charge in [0.2, 0.25) is 0 Å². The monoisotopic (exact) mass is 728 g/mol. The van der Waals surface area contributed by atoms with E-state index in [4.69, 9.17) is 18.9 Å². The molecule has 0 saturated carbocycles. The fraction of sp³-hybridized carbons (Fsp3) is 0.205.